The quantitative estimate of drug-likeness (QED) is 0.311. The molecule has 4 heterocycles. The van der Waals surface area contributed by atoms with Gasteiger partial charge in [-0.3, -0.25) is 4.79 Å². The molecule has 1 atom stereocenters. The highest BCUT2D eigenvalue weighted by Crippen LogP contribution is 2.63. The predicted octanol–water partition coefficient (Wildman–Crippen LogP) is 4.37. The monoisotopic (exact) mass is 580 g/mol. The van der Waals surface area contributed by atoms with E-state index in [1.807, 2.05) is 31.2 Å². The van der Waals surface area contributed by atoms with Gasteiger partial charge in [0.15, 0.2) is 11.5 Å². The van der Waals surface area contributed by atoms with Gasteiger partial charge in [-0.05, 0) is 95.4 Å². The van der Waals surface area contributed by atoms with Crippen LogP contribution in [0.15, 0.2) is 60.0 Å². The van der Waals surface area contributed by atoms with Crippen LogP contribution in [0.1, 0.15) is 50.3 Å². The molecule has 0 radical (unpaired) electrons. The fraction of sp³-hybridized carbons (Fsp3) is 0.455. The lowest BCUT2D eigenvalue weighted by Gasteiger charge is -2.38. The molecule has 43 heavy (non-hydrogen) atoms. The van der Waals surface area contributed by atoms with Crippen LogP contribution in [0.25, 0.3) is 16.9 Å². The van der Waals surface area contributed by atoms with E-state index in [9.17, 15) is 9.90 Å². The normalized spacial score (nSPS) is 21.4. The maximum Gasteiger partial charge on any atom is 0.278 e. The lowest BCUT2D eigenvalue weighted by Crippen LogP contribution is -2.41. The van der Waals surface area contributed by atoms with Gasteiger partial charge in [0.1, 0.15) is 11.0 Å². The SMILES string of the molecule is C=CCn1c(=O)c2cnc(Nc3ccc(N4CCC(N(C)C)CC4)cc3)nc2n1-c1ccc2c(n1)[C@@](C)(O)C1(CC2)CC1. The van der Waals surface area contributed by atoms with Crippen LogP contribution >= 0.6 is 0 Å². The van der Waals surface area contributed by atoms with Crippen molar-refractivity contribution in [1.82, 2.24) is 29.2 Å². The van der Waals surface area contributed by atoms with Gasteiger partial charge in [0.2, 0.25) is 5.95 Å². The number of rotatable bonds is 7. The first-order valence-electron chi connectivity index (χ1n) is 15.3. The summed E-state index contributed by atoms with van der Waals surface area (Å²) in [6.45, 7) is 8.12. The largest absolute Gasteiger partial charge is 0.383 e. The van der Waals surface area contributed by atoms with Gasteiger partial charge in [-0.15, -0.1) is 6.58 Å². The summed E-state index contributed by atoms with van der Waals surface area (Å²) in [7, 11) is 4.32. The van der Waals surface area contributed by atoms with Crippen molar-refractivity contribution in [3.8, 4) is 5.82 Å². The lowest BCUT2D eigenvalue weighted by atomic mass is 9.72. The van der Waals surface area contributed by atoms with Crippen LogP contribution in [0.2, 0.25) is 0 Å². The van der Waals surface area contributed by atoms with Gasteiger partial charge in [0, 0.05) is 42.1 Å². The van der Waals surface area contributed by atoms with Gasteiger partial charge < -0.3 is 20.2 Å². The zero-order chi connectivity index (χ0) is 29.9. The Labute approximate surface area is 251 Å². The molecule has 224 valence electrons. The Balaban J connectivity index is 1.21. The Bertz CT molecular complexity index is 1740. The van der Waals surface area contributed by atoms with Crippen molar-refractivity contribution in [2.45, 2.75) is 63.6 Å². The number of nitrogens with zero attached hydrogens (tertiary/aromatic N) is 7. The highest BCUT2D eigenvalue weighted by atomic mass is 16.3. The van der Waals surface area contributed by atoms with E-state index in [0.29, 0.717) is 34.5 Å². The molecule has 2 N–H and O–H groups in total. The Kier molecular flexibility index (Phi) is 6.66. The summed E-state index contributed by atoms with van der Waals surface area (Å²) in [5, 5.41) is 15.3. The lowest BCUT2D eigenvalue weighted by molar-refractivity contribution is -0.0371. The van der Waals surface area contributed by atoms with Gasteiger partial charge in [-0.1, -0.05) is 12.1 Å². The molecule has 2 fully saturated rings. The summed E-state index contributed by atoms with van der Waals surface area (Å²) in [5.74, 6) is 0.927. The molecule has 1 aromatic carbocycles. The summed E-state index contributed by atoms with van der Waals surface area (Å²) in [4.78, 5) is 32.5. The number of aromatic nitrogens is 5. The smallest absolute Gasteiger partial charge is 0.278 e. The van der Waals surface area contributed by atoms with Crippen LogP contribution in [0.4, 0.5) is 17.3 Å². The van der Waals surface area contributed by atoms with E-state index < -0.39 is 5.60 Å². The maximum absolute atomic E-state index is 13.5. The molecule has 3 aliphatic rings. The fourth-order valence-electron chi connectivity index (χ4n) is 7.11. The minimum Gasteiger partial charge on any atom is -0.383 e. The zero-order valence-electron chi connectivity index (χ0n) is 25.3. The van der Waals surface area contributed by atoms with E-state index >= 15 is 0 Å². The van der Waals surface area contributed by atoms with Crippen molar-refractivity contribution in [3.05, 3.63) is 76.9 Å². The Morgan fingerprint density at radius 3 is 2.51 bits per heavy atom. The molecule has 0 bridgehead atoms. The topological polar surface area (TPSA) is 104 Å². The molecule has 4 aromatic rings. The van der Waals surface area contributed by atoms with Crippen molar-refractivity contribution >= 4 is 28.4 Å². The second-order valence-electron chi connectivity index (χ2n) is 12.8. The summed E-state index contributed by atoms with van der Waals surface area (Å²) in [5.41, 5.74) is 2.96. The van der Waals surface area contributed by atoms with E-state index in [1.165, 1.54) is 5.69 Å². The zero-order valence-corrected chi connectivity index (χ0v) is 25.3. The minimum absolute atomic E-state index is 0.0946. The predicted molar refractivity (Wildman–Crippen MR) is 169 cm³/mol. The van der Waals surface area contributed by atoms with Crippen LogP contribution in [-0.4, -0.2) is 67.5 Å². The first-order chi connectivity index (χ1) is 20.7. The number of allylic oxidation sites excluding steroid dienone is 1. The van der Waals surface area contributed by atoms with Gasteiger partial charge >= 0.3 is 0 Å². The minimum atomic E-state index is -1.01. The third-order valence-corrected chi connectivity index (χ3v) is 10.1. The third-order valence-electron chi connectivity index (χ3n) is 10.1. The molecule has 1 saturated carbocycles. The van der Waals surface area contributed by atoms with E-state index in [-0.39, 0.29) is 17.5 Å². The number of pyridine rings is 1. The number of benzene rings is 1. The van der Waals surface area contributed by atoms with Crippen LogP contribution in [0.3, 0.4) is 0 Å². The first-order valence-corrected chi connectivity index (χ1v) is 15.3. The molecule has 3 aromatic heterocycles. The number of nitrogens with one attached hydrogen (secondary N) is 1. The highest BCUT2D eigenvalue weighted by molar-refractivity contribution is 5.77. The van der Waals surface area contributed by atoms with E-state index in [1.54, 1.807) is 21.6 Å². The molecule has 10 nitrogen and oxygen atoms in total. The summed E-state index contributed by atoms with van der Waals surface area (Å²) >= 11 is 0. The second-order valence-corrected chi connectivity index (χ2v) is 12.8. The number of anilines is 3. The number of aliphatic hydroxyl groups is 1. The third kappa shape index (κ3) is 4.64. The molecule has 0 amide bonds. The number of piperidine rings is 1. The van der Waals surface area contributed by atoms with Crippen molar-refractivity contribution in [2.75, 3.05) is 37.4 Å². The van der Waals surface area contributed by atoms with Crippen LogP contribution in [-0.2, 0) is 18.6 Å². The van der Waals surface area contributed by atoms with Crippen molar-refractivity contribution in [2.24, 2.45) is 5.41 Å². The summed E-state index contributed by atoms with van der Waals surface area (Å²) < 4.78 is 3.31. The molecule has 1 aliphatic heterocycles. The van der Waals surface area contributed by atoms with Crippen LogP contribution in [0, 0.1) is 5.41 Å². The Morgan fingerprint density at radius 2 is 1.84 bits per heavy atom. The fourth-order valence-corrected chi connectivity index (χ4v) is 7.11. The molecular formula is C33H40N8O2. The second kappa shape index (κ2) is 10.3. The van der Waals surface area contributed by atoms with Crippen molar-refractivity contribution in [1.29, 1.82) is 0 Å². The molecule has 1 saturated heterocycles. The maximum atomic E-state index is 13.5. The number of aryl methyl sites for hydroxylation is 1. The summed E-state index contributed by atoms with van der Waals surface area (Å²) in [6, 6.07) is 12.9. The number of hydrogen-bond acceptors (Lipinski definition) is 8. The molecule has 0 unspecified atom stereocenters. The van der Waals surface area contributed by atoms with E-state index in [2.05, 4.69) is 52.9 Å². The van der Waals surface area contributed by atoms with Crippen LogP contribution < -0.4 is 15.8 Å². The Hall–Kier alpha value is -4.02. The molecule has 10 heteroatoms. The van der Waals surface area contributed by atoms with Crippen molar-refractivity contribution < 1.29 is 5.11 Å². The molecular weight excluding hydrogens is 540 g/mol. The summed E-state index contributed by atoms with van der Waals surface area (Å²) in [6.07, 6.45) is 9.46. The Morgan fingerprint density at radius 1 is 1.09 bits per heavy atom. The van der Waals surface area contributed by atoms with Gasteiger partial charge in [-0.2, -0.15) is 4.98 Å². The van der Waals surface area contributed by atoms with Crippen molar-refractivity contribution in [3.63, 3.8) is 0 Å². The molecule has 1 spiro atoms. The molecule has 2 aliphatic carbocycles. The van der Waals surface area contributed by atoms with Gasteiger partial charge in [-0.25, -0.2) is 19.3 Å². The van der Waals surface area contributed by atoms with E-state index in [0.717, 1.165) is 62.9 Å². The average molecular weight is 581 g/mol. The van der Waals surface area contributed by atoms with Gasteiger partial charge in [0.25, 0.3) is 5.56 Å². The van der Waals surface area contributed by atoms with E-state index in [4.69, 9.17) is 9.97 Å². The average Bonchev–Trinajstić information content (AvgIpc) is 3.76. The van der Waals surface area contributed by atoms with Crippen LogP contribution in [0.5, 0.6) is 0 Å². The van der Waals surface area contributed by atoms with Gasteiger partial charge in [0.05, 0.1) is 12.2 Å². The highest BCUT2D eigenvalue weighted by Gasteiger charge is 2.59. The number of fused-ring (bicyclic) bond motifs is 2. The number of hydrogen-bond donors (Lipinski definition) is 2. The standard InChI is InChI=1S/C33H40N8O2/c1-5-18-40-30(42)26-21-34-31(35-23-7-9-25(10-8-23)39-19-13-24(14-20-39)38(3)4)37-29(26)41(40)27-11-6-22-12-15-33(16-17-33)32(2,43)28(22)36-27/h5-11,21,24,43H,1,12-20H2,2-4H3,(H,34,35,37)/t32-/m1/s1. The molecule has 7 rings (SSSR count). The first kappa shape index (κ1) is 27.8.